The van der Waals surface area contributed by atoms with Crippen molar-refractivity contribution < 1.29 is 19.1 Å². The van der Waals surface area contributed by atoms with Gasteiger partial charge < -0.3 is 9.47 Å². The van der Waals surface area contributed by atoms with E-state index in [1.165, 1.54) is 17.2 Å². The summed E-state index contributed by atoms with van der Waals surface area (Å²) in [6, 6.07) is 5.19. The van der Waals surface area contributed by atoms with Crippen LogP contribution in [0, 0.1) is 0 Å². The highest BCUT2D eigenvalue weighted by Crippen LogP contribution is 2.27. The molecule has 0 aliphatic rings. The van der Waals surface area contributed by atoms with E-state index in [4.69, 9.17) is 16.3 Å². The van der Waals surface area contributed by atoms with Crippen molar-refractivity contribution in [2.45, 2.75) is 20.0 Å². The van der Waals surface area contributed by atoms with Gasteiger partial charge in [0.15, 0.2) is 5.82 Å². The van der Waals surface area contributed by atoms with Crippen LogP contribution in [0.5, 0.6) is 5.75 Å². The Balaban J connectivity index is 2.21. The summed E-state index contributed by atoms with van der Waals surface area (Å²) >= 11 is 6.08. The smallest absolute Gasteiger partial charge is 0.339 e. The number of hydrogen-bond acceptors (Lipinski definition) is 6. The quantitative estimate of drug-likeness (QED) is 0.349. The van der Waals surface area contributed by atoms with Crippen LogP contribution in [-0.2, 0) is 14.3 Å². The Labute approximate surface area is 137 Å². The summed E-state index contributed by atoms with van der Waals surface area (Å²) < 4.78 is 11.0. The van der Waals surface area contributed by atoms with Crippen LogP contribution in [-0.4, -0.2) is 33.3 Å². The molecule has 0 atom stereocenters. The number of carbonyl (C=O) groups excluding carboxylic acids is 2. The zero-order valence-corrected chi connectivity index (χ0v) is 13.2. The molecule has 0 radical (unpaired) electrons. The van der Waals surface area contributed by atoms with Crippen LogP contribution in [0.2, 0.25) is 5.02 Å². The van der Waals surface area contributed by atoms with E-state index in [1.54, 1.807) is 18.2 Å². The summed E-state index contributed by atoms with van der Waals surface area (Å²) in [4.78, 5) is 25.2. The lowest BCUT2D eigenvalue weighted by Crippen LogP contribution is -2.05. The second-order valence-electron chi connectivity index (χ2n) is 4.74. The van der Waals surface area contributed by atoms with Crippen molar-refractivity contribution in [3.05, 3.63) is 35.6 Å². The summed E-state index contributed by atoms with van der Waals surface area (Å²) in [5.74, 6) is 0.228. The van der Waals surface area contributed by atoms with E-state index < -0.39 is 5.97 Å². The monoisotopic (exact) mass is 335 g/mol. The van der Waals surface area contributed by atoms with Crippen LogP contribution >= 0.6 is 11.6 Å². The molecule has 8 heteroatoms. The van der Waals surface area contributed by atoms with E-state index in [0.717, 1.165) is 6.08 Å². The summed E-state index contributed by atoms with van der Waals surface area (Å²) in [5.41, 5.74) is 0.677. The first-order chi connectivity index (χ1) is 11.0. The minimum Gasteiger partial charge on any atom is -0.491 e. The first-order valence-corrected chi connectivity index (χ1v) is 7.07. The summed E-state index contributed by atoms with van der Waals surface area (Å²) in [7, 11) is 0. The van der Waals surface area contributed by atoms with Gasteiger partial charge in [0.2, 0.25) is 0 Å². The van der Waals surface area contributed by atoms with E-state index in [9.17, 15) is 9.59 Å². The van der Waals surface area contributed by atoms with Gasteiger partial charge in [0.05, 0.1) is 6.10 Å². The third kappa shape index (κ3) is 4.93. The Bertz CT molecular complexity index is 740. The van der Waals surface area contributed by atoms with E-state index in [-0.39, 0.29) is 12.6 Å². The van der Waals surface area contributed by atoms with Crippen LogP contribution in [0.4, 0.5) is 0 Å². The molecule has 0 aliphatic heterocycles. The van der Waals surface area contributed by atoms with Gasteiger partial charge in [-0.15, -0.1) is 5.10 Å². The molecule has 23 heavy (non-hydrogen) atoms. The molecule has 120 valence electrons. The Hall–Kier alpha value is -2.67. The number of ether oxygens (including phenoxy) is 2. The minimum absolute atomic E-state index is 0.0126. The highest BCUT2D eigenvalue weighted by molar-refractivity contribution is 6.31. The summed E-state index contributed by atoms with van der Waals surface area (Å²) in [5, 5.41) is 4.68. The first-order valence-electron chi connectivity index (χ1n) is 6.69. The molecule has 0 aliphatic carbocycles. The number of esters is 1. The maximum absolute atomic E-state index is 11.0. The molecule has 1 aromatic heterocycles. The van der Waals surface area contributed by atoms with Crippen LogP contribution in [0.15, 0.2) is 30.6 Å². The molecule has 2 aromatic rings. The molecule has 0 spiro atoms. The van der Waals surface area contributed by atoms with Gasteiger partial charge in [-0.25, -0.2) is 14.5 Å². The topological polar surface area (TPSA) is 83.3 Å². The van der Waals surface area contributed by atoms with Crippen molar-refractivity contribution in [1.82, 2.24) is 14.8 Å². The van der Waals surface area contributed by atoms with Crippen molar-refractivity contribution in [3.63, 3.8) is 0 Å². The Morgan fingerprint density at radius 3 is 2.83 bits per heavy atom. The number of halogens is 1. The molecular weight excluding hydrogens is 322 g/mol. The zero-order valence-electron chi connectivity index (χ0n) is 12.5. The van der Waals surface area contributed by atoms with Gasteiger partial charge in [-0.05, 0) is 32.0 Å². The third-order valence-corrected chi connectivity index (χ3v) is 2.76. The van der Waals surface area contributed by atoms with Crippen LogP contribution in [0.25, 0.3) is 17.6 Å². The molecule has 0 amide bonds. The number of carbonyl (C=O) groups is 2. The molecule has 1 aromatic carbocycles. The van der Waals surface area contributed by atoms with Gasteiger partial charge >= 0.3 is 12.4 Å². The van der Waals surface area contributed by atoms with Crippen LogP contribution in [0.1, 0.15) is 13.8 Å². The Kier molecular flexibility index (Phi) is 5.48. The van der Waals surface area contributed by atoms with E-state index >= 15 is 0 Å². The number of rotatable bonds is 6. The van der Waals surface area contributed by atoms with Crippen molar-refractivity contribution in [1.29, 1.82) is 0 Å². The molecule has 1 heterocycles. The Morgan fingerprint density at radius 2 is 2.13 bits per heavy atom. The molecule has 0 saturated heterocycles. The third-order valence-electron chi connectivity index (χ3n) is 2.54. The summed E-state index contributed by atoms with van der Waals surface area (Å²) in [6.07, 6.45) is 3.79. The largest absolute Gasteiger partial charge is 0.491 e. The lowest BCUT2D eigenvalue weighted by Gasteiger charge is -2.10. The van der Waals surface area contributed by atoms with E-state index in [2.05, 4.69) is 14.8 Å². The average molecular weight is 336 g/mol. The lowest BCUT2D eigenvalue weighted by atomic mass is 10.2. The minimum atomic E-state index is -0.799. The molecule has 0 saturated carbocycles. The maximum atomic E-state index is 11.0. The molecule has 0 unspecified atom stereocenters. The van der Waals surface area contributed by atoms with Gasteiger partial charge in [0.1, 0.15) is 12.1 Å². The van der Waals surface area contributed by atoms with Crippen molar-refractivity contribution in [2.24, 2.45) is 0 Å². The number of benzene rings is 1. The van der Waals surface area contributed by atoms with E-state index in [0.29, 0.717) is 22.2 Å². The second-order valence-corrected chi connectivity index (χ2v) is 5.18. The fraction of sp³-hybridized carbons (Fsp3) is 0.200. The van der Waals surface area contributed by atoms with Gasteiger partial charge in [-0.1, -0.05) is 11.6 Å². The van der Waals surface area contributed by atoms with Gasteiger partial charge in [-0.2, -0.15) is 0 Å². The highest BCUT2D eigenvalue weighted by Gasteiger charge is 2.08. The fourth-order valence-electron chi connectivity index (χ4n) is 1.73. The van der Waals surface area contributed by atoms with Crippen molar-refractivity contribution in [2.75, 3.05) is 0 Å². The number of nitrogens with zero attached hydrogens (tertiary/aromatic N) is 3. The van der Waals surface area contributed by atoms with Gasteiger partial charge in [-0.3, -0.25) is 4.79 Å². The normalized spacial score (nSPS) is 11.0. The fourth-order valence-corrected chi connectivity index (χ4v) is 1.96. The van der Waals surface area contributed by atoms with Crippen LogP contribution < -0.4 is 4.74 Å². The van der Waals surface area contributed by atoms with E-state index in [1.807, 2.05) is 13.8 Å². The molecule has 0 fully saturated rings. The zero-order chi connectivity index (χ0) is 16.8. The second kappa shape index (κ2) is 7.55. The number of aromatic nitrogens is 3. The van der Waals surface area contributed by atoms with Crippen molar-refractivity contribution >= 4 is 30.2 Å². The molecule has 7 nitrogen and oxygen atoms in total. The average Bonchev–Trinajstić information content (AvgIpc) is 2.93. The van der Waals surface area contributed by atoms with Crippen LogP contribution in [0.3, 0.4) is 0 Å². The van der Waals surface area contributed by atoms with Gasteiger partial charge in [0, 0.05) is 22.9 Å². The first kappa shape index (κ1) is 16.7. The highest BCUT2D eigenvalue weighted by atomic mass is 35.5. The summed E-state index contributed by atoms with van der Waals surface area (Å²) in [6.45, 7) is 3.88. The Morgan fingerprint density at radius 1 is 1.35 bits per heavy atom. The molecule has 0 N–H and O–H groups in total. The molecule has 0 bridgehead atoms. The van der Waals surface area contributed by atoms with Crippen molar-refractivity contribution in [3.8, 4) is 17.1 Å². The molecular formula is C15H14ClN3O4. The standard InChI is InChI=1S/C15H14ClN3O4/c1-10(2)23-13-6-11(5-12(16)7-13)15-17-8-19(18-15)4-3-14(21)22-9-20/h3-10H,1-2H3/b4-3-. The predicted octanol–water partition coefficient (Wildman–Crippen LogP) is 2.56. The maximum Gasteiger partial charge on any atom is 0.339 e. The number of hydrogen-bond donors (Lipinski definition) is 0. The lowest BCUT2D eigenvalue weighted by molar-refractivity contribution is -0.147. The SMILES string of the molecule is CC(C)Oc1cc(Cl)cc(-c2ncn(/C=C\C(=O)OC=O)n2)c1. The van der Waals surface area contributed by atoms with Gasteiger partial charge in [0.25, 0.3) is 0 Å². The predicted molar refractivity (Wildman–Crippen MR) is 83.7 cm³/mol. The molecule has 2 rings (SSSR count).